The summed E-state index contributed by atoms with van der Waals surface area (Å²) in [5.74, 6) is 0.112. The first kappa shape index (κ1) is 10.6. The van der Waals surface area contributed by atoms with Crippen molar-refractivity contribution in [3.8, 4) is 0 Å². The molecule has 0 unspecified atom stereocenters. The second-order valence-electron chi connectivity index (χ2n) is 3.71. The van der Waals surface area contributed by atoms with E-state index in [1.165, 1.54) is 5.56 Å². The number of rotatable bonds is 4. The summed E-state index contributed by atoms with van der Waals surface area (Å²) in [7, 11) is 0. The second kappa shape index (κ2) is 4.75. The minimum Gasteiger partial charge on any atom is -0.330 e. The van der Waals surface area contributed by atoms with Crippen molar-refractivity contribution in [2.75, 3.05) is 0 Å². The molecule has 0 saturated heterocycles. The lowest BCUT2D eigenvalue weighted by molar-refractivity contribution is 0.0972. The van der Waals surface area contributed by atoms with E-state index in [2.05, 4.69) is 11.9 Å². The van der Waals surface area contributed by atoms with Gasteiger partial charge >= 0.3 is 0 Å². The van der Waals surface area contributed by atoms with Gasteiger partial charge in [0.05, 0.1) is 12.9 Å². The van der Waals surface area contributed by atoms with Crippen LogP contribution in [0.5, 0.6) is 0 Å². The summed E-state index contributed by atoms with van der Waals surface area (Å²) >= 11 is 0. The van der Waals surface area contributed by atoms with Gasteiger partial charge in [-0.1, -0.05) is 31.2 Å². The van der Waals surface area contributed by atoms with Crippen LogP contribution in [0.2, 0.25) is 0 Å². The van der Waals surface area contributed by atoms with Crippen molar-refractivity contribution >= 4 is 5.78 Å². The number of ketones is 1. The molecular weight excluding hydrogens is 200 g/mol. The predicted octanol–water partition coefficient (Wildman–Crippen LogP) is 2.33. The number of hydrogen-bond donors (Lipinski definition) is 0. The van der Waals surface area contributed by atoms with Crippen molar-refractivity contribution < 1.29 is 4.79 Å². The maximum atomic E-state index is 11.9. The van der Waals surface area contributed by atoms with Gasteiger partial charge in [-0.2, -0.15) is 0 Å². The fraction of sp³-hybridized carbons (Fsp3) is 0.231. The number of aryl methyl sites for hydroxylation is 1. The van der Waals surface area contributed by atoms with E-state index in [0.29, 0.717) is 6.54 Å². The standard InChI is InChI=1S/C13H14N2O/c1-2-11-3-5-12(6-4-11)13(16)9-15-8-7-14-10-15/h3-8,10H,2,9H2,1H3. The molecule has 0 N–H and O–H groups in total. The summed E-state index contributed by atoms with van der Waals surface area (Å²) in [6.07, 6.45) is 6.11. The van der Waals surface area contributed by atoms with Gasteiger partial charge in [-0.05, 0) is 12.0 Å². The molecule has 0 spiro atoms. The fourth-order valence-electron chi connectivity index (χ4n) is 1.56. The summed E-state index contributed by atoms with van der Waals surface area (Å²) in [5.41, 5.74) is 2.00. The van der Waals surface area contributed by atoms with E-state index in [-0.39, 0.29) is 5.78 Å². The van der Waals surface area contributed by atoms with E-state index in [9.17, 15) is 4.79 Å². The largest absolute Gasteiger partial charge is 0.330 e. The molecule has 0 atom stereocenters. The molecule has 0 fully saturated rings. The van der Waals surface area contributed by atoms with Crippen LogP contribution in [-0.2, 0) is 13.0 Å². The number of hydrogen-bond acceptors (Lipinski definition) is 2. The van der Waals surface area contributed by atoms with Gasteiger partial charge in [0.15, 0.2) is 5.78 Å². The zero-order valence-electron chi connectivity index (χ0n) is 9.26. The normalized spacial score (nSPS) is 10.3. The van der Waals surface area contributed by atoms with Gasteiger partial charge in [0, 0.05) is 18.0 Å². The third kappa shape index (κ3) is 2.37. The topological polar surface area (TPSA) is 34.9 Å². The molecule has 3 heteroatoms. The third-order valence-corrected chi connectivity index (χ3v) is 2.57. The van der Waals surface area contributed by atoms with Crippen molar-refractivity contribution in [3.63, 3.8) is 0 Å². The summed E-state index contributed by atoms with van der Waals surface area (Å²) in [6, 6.07) is 7.78. The van der Waals surface area contributed by atoms with E-state index in [1.54, 1.807) is 23.3 Å². The van der Waals surface area contributed by atoms with Crippen LogP contribution in [0, 0.1) is 0 Å². The van der Waals surface area contributed by atoms with Gasteiger partial charge in [0.2, 0.25) is 0 Å². The van der Waals surface area contributed by atoms with Gasteiger partial charge in [0.1, 0.15) is 0 Å². The minimum absolute atomic E-state index is 0.112. The Morgan fingerprint density at radius 2 is 2.06 bits per heavy atom. The van der Waals surface area contributed by atoms with E-state index in [4.69, 9.17) is 0 Å². The lowest BCUT2D eigenvalue weighted by Crippen LogP contribution is -2.08. The molecule has 1 aromatic carbocycles. The first-order chi connectivity index (χ1) is 7.79. The van der Waals surface area contributed by atoms with Crippen LogP contribution in [0.4, 0.5) is 0 Å². The van der Waals surface area contributed by atoms with Crippen LogP contribution in [0.1, 0.15) is 22.8 Å². The van der Waals surface area contributed by atoms with E-state index in [1.807, 2.05) is 24.3 Å². The number of Topliss-reactive ketones (excluding diaryl/α,β-unsaturated/α-hetero) is 1. The van der Waals surface area contributed by atoms with Gasteiger partial charge in [-0.3, -0.25) is 4.79 Å². The first-order valence-corrected chi connectivity index (χ1v) is 5.37. The number of benzene rings is 1. The molecule has 16 heavy (non-hydrogen) atoms. The average molecular weight is 214 g/mol. The fourth-order valence-corrected chi connectivity index (χ4v) is 1.56. The van der Waals surface area contributed by atoms with Crippen LogP contribution in [-0.4, -0.2) is 15.3 Å². The maximum Gasteiger partial charge on any atom is 0.182 e. The first-order valence-electron chi connectivity index (χ1n) is 5.37. The Hall–Kier alpha value is -1.90. The molecule has 0 radical (unpaired) electrons. The number of carbonyl (C=O) groups excluding carboxylic acids is 1. The summed E-state index contributed by atoms with van der Waals surface area (Å²) in [4.78, 5) is 15.8. The van der Waals surface area contributed by atoms with Crippen molar-refractivity contribution in [1.29, 1.82) is 0 Å². The van der Waals surface area contributed by atoms with Crippen LogP contribution in [0.25, 0.3) is 0 Å². The third-order valence-electron chi connectivity index (χ3n) is 2.57. The van der Waals surface area contributed by atoms with Crippen LogP contribution >= 0.6 is 0 Å². The van der Waals surface area contributed by atoms with Crippen LogP contribution < -0.4 is 0 Å². The lowest BCUT2D eigenvalue weighted by atomic mass is 10.1. The molecule has 0 aliphatic carbocycles. The van der Waals surface area contributed by atoms with E-state index >= 15 is 0 Å². The highest BCUT2D eigenvalue weighted by atomic mass is 16.1. The SMILES string of the molecule is CCc1ccc(C(=O)Cn2ccnc2)cc1. The van der Waals surface area contributed by atoms with Gasteiger partial charge in [0.25, 0.3) is 0 Å². The Balaban J connectivity index is 2.09. The molecule has 1 heterocycles. The summed E-state index contributed by atoms with van der Waals surface area (Å²) in [5, 5.41) is 0. The Morgan fingerprint density at radius 3 is 2.62 bits per heavy atom. The number of nitrogens with zero attached hydrogens (tertiary/aromatic N) is 2. The van der Waals surface area contributed by atoms with Gasteiger partial charge < -0.3 is 4.57 Å². The van der Waals surface area contributed by atoms with Crippen molar-refractivity contribution in [2.45, 2.75) is 19.9 Å². The van der Waals surface area contributed by atoms with Crippen LogP contribution in [0.3, 0.4) is 0 Å². The van der Waals surface area contributed by atoms with E-state index in [0.717, 1.165) is 12.0 Å². The van der Waals surface area contributed by atoms with E-state index < -0.39 is 0 Å². The Morgan fingerprint density at radius 1 is 1.31 bits per heavy atom. The molecular formula is C13H14N2O. The molecule has 2 aromatic rings. The predicted molar refractivity (Wildman–Crippen MR) is 62.4 cm³/mol. The monoisotopic (exact) mass is 214 g/mol. The molecule has 82 valence electrons. The quantitative estimate of drug-likeness (QED) is 0.732. The van der Waals surface area contributed by atoms with Crippen LogP contribution in [0.15, 0.2) is 43.0 Å². The number of carbonyl (C=O) groups is 1. The molecule has 0 aliphatic heterocycles. The molecule has 0 bridgehead atoms. The highest BCUT2D eigenvalue weighted by Crippen LogP contribution is 2.06. The lowest BCUT2D eigenvalue weighted by Gasteiger charge is -2.03. The minimum atomic E-state index is 0.112. The smallest absolute Gasteiger partial charge is 0.182 e. The summed E-state index contributed by atoms with van der Waals surface area (Å²) in [6.45, 7) is 2.45. The summed E-state index contributed by atoms with van der Waals surface area (Å²) < 4.78 is 1.77. The molecule has 2 rings (SSSR count). The molecule has 3 nitrogen and oxygen atoms in total. The van der Waals surface area contributed by atoms with Crippen molar-refractivity contribution in [3.05, 3.63) is 54.1 Å². The molecule has 0 aliphatic rings. The molecule has 0 saturated carbocycles. The second-order valence-corrected chi connectivity index (χ2v) is 3.71. The maximum absolute atomic E-state index is 11.9. The Kier molecular flexibility index (Phi) is 3.15. The highest BCUT2D eigenvalue weighted by Gasteiger charge is 2.05. The average Bonchev–Trinajstić information content (AvgIpc) is 2.82. The Labute approximate surface area is 94.7 Å². The zero-order valence-corrected chi connectivity index (χ0v) is 9.26. The zero-order chi connectivity index (χ0) is 11.4. The van der Waals surface area contributed by atoms with Gasteiger partial charge in [-0.15, -0.1) is 0 Å². The number of aromatic nitrogens is 2. The van der Waals surface area contributed by atoms with Crippen molar-refractivity contribution in [1.82, 2.24) is 9.55 Å². The molecule has 0 amide bonds. The van der Waals surface area contributed by atoms with Gasteiger partial charge in [-0.25, -0.2) is 4.98 Å². The molecule has 1 aromatic heterocycles. The highest BCUT2D eigenvalue weighted by molar-refractivity contribution is 5.95. The van der Waals surface area contributed by atoms with Crippen molar-refractivity contribution in [2.24, 2.45) is 0 Å². The Bertz CT molecular complexity index is 457. The number of imidazole rings is 1.